The van der Waals surface area contributed by atoms with E-state index in [1.165, 1.54) is 16.9 Å². The van der Waals surface area contributed by atoms with E-state index in [4.69, 9.17) is 0 Å². The normalized spacial score (nSPS) is 22.5. The summed E-state index contributed by atoms with van der Waals surface area (Å²) in [6, 6.07) is 10.2. The Balaban J connectivity index is 1.56. The fourth-order valence-electron chi connectivity index (χ4n) is 3.93. The van der Waals surface area contributed by atoms with Crippen LogP contribution in [0.15, 0.2) is 36.4 Å². The first-order valence-corrected chi connectivity index (χ1v) is 10.2. The van der Waals surface area contributed by atoms with Gasteiger partial charge in [-0.2, -0.15) is 0 Å². The largest absolute Gasteiger partial charge is 0.353 e. The number of anilines is 1. The quantitative estimate of drug-likeness (QED) is 0.777. The summed E-state index contributed by atoms with van der Waals surface area (Å²) in [4.78, 5) is 14.1. The first kappa shape index (κ1) is 17.3. The summed E-state index contributed by atoms with van der Waals surface area (Å²) in [6.07, 6.45) is 7.19. The molecule has 4 rings (SSSR count). The van der Waals surface area contributed by atoms with Crippen molar-refractivity contribution in [2.75, 3.05) is 5.32 Å². The first-order valence-electron chi connectivity index (χ1n) is 9.37. The summed E-state index contributed by atoms with van der Waals surface area (Å²) < 4.78 is 0. The molecule has 1 amide bonds. The Kier molecular flexibility index (Phi) is 4.39. The molecule has 1 aliphatic heterocycles. The Bertz CT molecular complexity index is 845. The number of amides is 1. The number of fused-ring (bicyclic) bond motifs is 3. The minimum Gasteiger partial charge on any atom is -0.353 e. The third-order valence-electron chi connectivity index (χ3n) is 5.57. The molecule has 2 heterocycles. The predicted octanol–water partition coefficient (Wildman–Crippen LogP) is 5.09. The fraction of sp³-hybridized carbons (Fsp3) is 0.409. The number of rotatable bonds is 2. The molecule has 2 aromatic rings. The lowest BCUT2D eigenvalue weighted by Gasteiger charge is -2.34. The lowest BCUT2D eigenvalue weighted by Crippen LogP contribution is -2.43. The fourth-order valence-corrected chi connectivity index (χ4v) is 5.29. The molecule has 1 aromatic heterocycles. The van der Waals surface area contributed by atoms with Crippen LogP contribution >= 0.6 is 11.3 Å². The van der Waals surface area contributed by atoms with E-state index in [2.05, 4.69) is 43.5 Å². The maximum Gasteiger partial charge on any atom is 0.256 e. The summed E-state index contributed by atoms with van der Waals surface area (Å²) in [7, 11) is 0. The molecule has 1 aromatic carbocycles. The molecule has 1 aliphatic carbocycles. The number of nitrogens with one attached hydrogen (secondary N) is 2. The molecule has 2 N–H and O–H groups in total. The first-order chi connectivity index (χ1) is 12.4. The molecule has 0 saturated carbocycles. The van der Waals surface area contributed by atoms with Crippen molar-refractivity contribution >= 4 is 28.3 Å². The summed E-state index contributed by atoms with van der Waals surface area (Å²) in [5.74, 6) is 0.750. The maximum atomic E-state index is 12.7. The molecule has 3 nitrogen and oxygen atoms in total. The second-order valence-electron chi connectivity index (χ2n) is 8.38. The summed E-state index contributed by atoms with van der Waals surface area (Å²) in [6.45, 7) is 6.97. The van der Waals surface area contributed by atoms with Gasteiger partial charge in [0.1, 0.15) is 11.2 Å². The molecule has 0 fully saturated rings. The van der Waals surface area contributed by atoms with Gasteiger partial charge in [0, 0.05) is 4.88 Å². The van der Waals surface area contributed by atoms with Gasteiger partial charge in [0.15, 0.2) is 0 Å². The lowest BCUT2D eigenvalue weighted by molar-refractivity contribution is 0.0942. The summed E-state index contributed by atoms with van der Waals surface area (Å²) in [5.41, 5.74) is 3.62. The average Bonchev–Trinajstić information content (AvgIpc) is 2.98. The van der Waals surface area contributed by atoms with Crippen LogP contribution in [0.1, 0.15) is 53.6 Å². The molecule has 0 spiro atoms. The van der Waals surface area contributed by atoms with Crippen molar-refractivity contribution in [2.45, 2.75) is 46.2 Å². The van der Waals surface area contributed by atoms with Crippen molar-refractivity contribution in [1.82, 2.24) is 5.32 Å². The van der Waals surface area contributed by atoms with E-state index in [1.54, 1.807) is 11.3 Å². The van der Waals surface area contributed by atoms with Crippen LogP contribution in [0.3, 0.4) is 0 Å². The number of thiophene rings is 1. The van der Waals surface area contributed by atoms with Crippen LogP contribution in [-0.4, -0.2) is 12.1 Å². The minimum absolute atomic E-state index is 0.0631. The number of benzene rings is 1. The van der Waals surface area contributed by atoms with E-state index < -0.39 is 0 Å². The molecular weight excluding hydrogens is 340 g/mol. The third kappa shape index (κ3) is 3.30. The second-order valence-corrected chi connectivity index (χ2v) is 9.48. The molecule has 0 bridgehead atoms. The van der Waals surface area contributed by atoms with Gasteiger partial charge in [0.05, 0.1) is 5.56 Å². The third-order valence-corrected chi connectivity index (χ3v) is 6.76. The zero-order valence-electron chi connectivity index (χ0n) is 15.6. The van der Waals surface area contributed by atoms with Gasteiger partial charge >= 0.3 is 0 Å². The zero-order chi connectivity index (χ0) is 18.3. The van der Waals surface area contributed by atoms with E-state index >= 15 is 0 Å². The van der Waals surface area contributed by atoms with Gasteiger partial charge in [-0.25, -0.2) is 0 Å². The Morgan fingerprint density at radius 2 is 1.92 bits per heavy atom. The van der Waals surface area contributed by atoms with Crippen LogP contribution in [0.2, 0.25) is 0 Å². The van der Waals surface area contributed by atoms with E-state index in [0.29, 0.717) is 11.3 Å². The van der Waals surface area contributed by atoms with Crippen LogP contribution in [0.25, 0.3) is 6.08 Å². The van der Waals surface area contributed by atoms with E-state index in [0.717, 1.165) is 29.0 Å². The van der Waals surface area contributed by atoms with Gasteiger partial charge in [-0.1, -0.05) is 57.2 Å². The molecule has 4 heteroatoms. The van der Waals surface area contributed by atoms with Crippen molar-refractivity contribution < 1.29 is 4.79 Å². The maximum absolute atomic E-state index is 12.7. The monoisotopic (exact) mass is 366 g/mol. The Morgan fingerprint density at radius 1 is 1.15 bits per heavy atom. The Labute approximate surface area is 159 Å². The highest BCUT2D eigenvalue weighted by Crippen LogP contribution is 2.45. The Hall–Kier alpha value is -2.07. The highest BCUT2D eigenvalue weighted by atomic mass is 32.1. The molecule has 0 radical (unpaired) electrons. The van der Waals surface area contributed by atoms with Crippen LogP contribution < -0.4 is 10.6 Å². The van der Waals surface area contributed by atoms with Crippen molar-refractivity contribution in [3.63, 3.8) is 0 Å². The second kappa shape index (κ2) is 6.58. The highest BCUT2D eigenvalue weighted by molar-refractivity contribution is 7.16. The number of hydrogen-bond acceptors (Lipinski definition) is 3. The van der Waals surface area contributed by atoms with Gasteiger partial charge in [-0.05, 0) is 47.8 Å². The molecule has 26 heavy (non-hydrogen) atoms. The van der Waals surface area contributed by atoms with E-state index in [-0.39, 0.29) is 12.1 Å². The van der Waals surface area contributed by atoms with Crippen molar-refractivity contribution in [1.29, 1.82) is 0 Å². The smallest absolute Gasteiger partial charge is 0.256 e. The summed E-state index contributed by atoms with van der Waals surface area (Å²) in [5, 5.41) is 7.64. The van der Waals surface area contributed by atoms with Crippen molar-refractivity contribution in [3.8, 4) is 0 Å². The molecule has 2 atom stereocenters. The van der Waals surface area contributed by atoms with Gasteiger partial charge in [0.25, 0.3) is 5.91 Å². The van der Waals surface area contributed by atoms with Gasteiger partial charge < -0.3 is 10.6 Å². The van der Waals surface area contributed by atoms with Crippen molar-refractivity contribution in [2.24, 2.45) is 11.3 Å². The topological polar surface area (TPSA) is 41.1 Å². The van der Waals surface area contributed by atoms with Crippen LogP contribution in [0.5, 0.6) is 0 Å². The van der Waals surface area contributed by atoms with Gasteiger partial charge in [0.2, 0.25) is 0 Å². The van der Waals surface area contributed by atoms with E-state index in [9.17, 15) is 4.79 Å². The molecule has 2 aliphatic rings. The molecule has 0 unspecified atom stereocenters. The van der Waals surface area contributed by atoms with E-state index in [1.807, 2.05) is 30.4 Å². The van der Waals surface area contributed by atoms with Crippen molar-refractivity contribution in [3.05, 3.63) is 58.0 Å². The number of hydrogen-bond donors (Lipinski definition) is 2. The SMILES string of the molecule is CC(C)(C)[C@@H]1CCc2c(sc3c2C(=O)N[C@@H](/C=C/c2ccccc2)N3)C1. The van der Waals surface area contributed by atoms with Crippen LogP contribution in [0, 0.1) is 11.3 Å². The predicted molar refractivity (Wildman–Crippen MR) is 110 cm³/mol. The Morgan fingerprint density at radius 3 is 2.65 bits per heavy atom. The number of carbonyl (C=O) groups excluding carboxylic acids is 1. The molecular formula is C22H26N2OS. The standard InChI is InChI=1S/C22H26N2OS/c1-22(2,3)15-10-11-16-17(13-15)26-21-19(16)20(25)23-18(24-21)12-9-14-7-5-4-6-8-14/h4-9,12,15,18,24H,10-11,13H2,1-3H3,(H,23,25)/b12-9+/t15-,18-/m1/s1. The van der Waals surface area contributed by atoms with Crippen LogP contribution in [0.4, 0.5) is 5.00 Å². The molecule has 136 valence electrons. The van der Waals surface area contributed by atoms with Crippen LogP contribution in [-0.2, 0) is 12.8 Å². The average molecular weight is 367 g/mol. The summed E-state index contributed by atoms with van der Waals surface area (Å²) >= 11 is 1.78. The van der Waals surface area contributed by atoms with Gasteiger partial charge in [-0.3, -0.25) is 4.79 Å². The molecule has 0 saturated heterocycles. The lowest BCUT2D eigenvalue weighted by atomic mass is 9.72. The zero-order valence-corrected chi connectivity index (χ0v) is 16.5. The minimum atomic E-state index is -0.159. The van der Waals surface area contributed by atoms with Gasteiger partial charge in [-0.15, -0.1) is 11.3 Å². The highest BCUT2D eigenvalue weighted by Gasteiger charge is 2.35. The number of carbonyl (C=O) groups is 1.